The lowest BCUT2D eigenvalue weighted by atomic mass is 9.83. The van der Waals surface area contributed by atoms with E-state index < -0.39 is 10.3 Å². The molecule has 6 nitrogen and oxygen atoms in total. The molecule has 0 saturated carbocycles. The molecule has 7 heteroatoms. The normalized spacial score (nSPS) is 23.0. The molecule has 2 aliphatic rings. The highest BCUT2D eigenvalue weighted by atomic mass is 32.2. The topological polar surface area (TPSA) is 70.1 Å². The van der Waals surface area contributed by atoms with Crippen molar-refractivity contribution in [3.8, 4) is 5.75 Å². The summed E-state index contributed by atoms with van der Waals surface area (Å²) in [4.78, 5) is 2.41. The van der Waals surface area contributed by atoms with Crippen LogP contribution in [0.1, 0.15) is 44.7 Å². The molecule has 3 rings (SSSR count). The highest BCUT2D eigenvalue weighted by Crippen LogP contribution is 2.45. The second kappa shape index (κ2) is 6.87. The average Bonchev–Trinajstić information content (AvgIpc) is 3.13. The minimum Gasteiger partial charge on any atom is -0.474 e. The zero-order chi connectivity index (χ0) is 18.2. The van der Waals surface area contributed by atoms with Crippen molar-refractivity contribution in [1.29, 1.82) is 0 Å². The maximum atomic E-state index is 11.3. The molecule has 1 atom stereocenters. The van der Waals surface area contributed by atoms with E-state index in [1.165, 1.54) is 18.4 Å². The van der Waals surface area contributed by atoms with Crippen LogP contribution in [0.2, 0.25) is 0 Å². The van der Waals surface area contributed by atoms with Crippen LogP contribution in [-0.4, -0.2) is 54.6 Å². The highest BCUT2D eigenvalue weighted by Gasteiger charge is 2.45. The lowest BCUT2D eigenvalue weighted by Gasteiger charge is -2.33. The van der Waals surface area contributed by atoms with Crippen molar-refractivity contribution in [3.63, 3.8) is 0 Å². The molecule has 1 N–H and O–H groups in total. The Morgan fingerprint density at radius 1 is 1.32 bits per heavy atom. The first-order valence-electron chi connectivity index (χ1n) is 9.00. The Bertz CT molecular complexity index is 727. The van der Waals surface area contributed by atoms with Gasteiger partial charge in [0.1, 0.15) is 5.75 Å². The van der Waals surface area contributed by atoms with Gasteiger partial charge in [-0.2, -0.15) is 12.7 Å². The minimum absolute atomic E-state index is 0.0604. The molecule has 0 bridgehead atoms. The van der Waals surface area contributed by atoms with E-state index in [1.807, 2.05) is 12.1 Å². The van der Waals surface area contributed by atoms with E-state index >= 15 is 0 Å². The number of fused-ring (bicyclic) bond motifs is 1. The molecule has 0 aromatic heterocycles. The van der Waals surface area contributed by atoms with Crippen LogP contribution in [0.25, 0.3) is 0 Å². The Kier molecular flexibility index (Phi) is 5.12. The molecule has 1 aromatic rings. The number of benzene rings is 1. The summed E-state index contributed by atoms with van der Waals surface area (Å²) < 4.78 is 39.2. The van der Waals surface area contributed by atoms with Crippen molar-refractivity contribution in [2.45, 2.75) is 51.7 Å². The molecule has 25 heavy (non-hydrogen) atoms. The Morgan fingerprint density at radius 3 is 2.60 bits per heavy atom. The molecule has 0 amide bonds. The molecule has 2 heterocycles. The van der Waals surface area contributed by atoms with Crippen LogP contribution < -0.4 is 4.74 Å². The van der Waals surface area contributed by atoms with E-state index in [1.54, 1.807) is 6.92 Å². The molecule has 0 spiro atoms. The summed E-state index contributed by atoms with van der Waals surface area (Å²) in [6.07, 6.45) is 3.07. The molecule has 1 saturated heterocycles. The zero-order valence-electron chi connectivity index (χ0n) is 15.2. The summed E-state index contributed by atoms with van der Waals surface area (Å²) in [6, 6.07) is 6.11. The van der Waals surface area contributed by atoms with E-state index in [-0.39, 0.29) is 24.7 Å². The SMILES string of the molecule is CCN(CCc1ccc2c(c1)C(C)(C)C(N1CCCC1)O2)S(=O)(=O)O. The summed E-state index contributed by atoms with van der Waals surface area (Å²) in [5.74, 6) is 0.924. The van der Waals surface area contributed by atoms with Gasteiger partial charge in [0.15, 0.2) is 6.23 Å². The predicted molar refractivity (Wildman–Crippen MR) is 97.2 cm³/mol. The van der Waals surface area contributed by atoms with Gasteiger partial charge in [-0.05, 0) is 30.9 Å². The lowest BCUT2D eigenvalue weighted by molar-refractivity contribution is 0.0143. The van der Waals surface area contributed by atoms with Gasteiger partial charge < -0.3 is 4.74 Å². The summed E-state index contributed by atoms with van der Waals surface area (Å²) in [5.41, 5.74) is 2.12. The first kappa shape index (κ1) is 18.6. The van der Waals surface area contributed by atoms with Crippen molar-refractivity contribution in [3.05, 3.63) is 29.3 Å². The molecule has 1 fully saturated rings. The lowest BCUT2D eigenvalue weighted by Crippen LogP contribution is -2.46. The van der Waals surface area contributed by atoms with Gasteiger partial charge in [0.2, 0.25) is 0 Å². The molecule has 1 unspecified atom stereocenters. The van der Waals surface area contributed by atoms with Gasteiger partial charge in [-0.25, -0.2) is 0 Å². The van der Waals surface area contributed by atoms with Gasteiger partial charge in [-0.3, -0.25) is 9.45 Å². The molecular formula is C18H28N2O4S. The maximum Gasteiger partial charge on any atom is 0.335 e. The quantitative estimate of drug-likeness (QED) is 0.781. The molecular weight excluding hydrogens is 340 g/mol. The number of nitrogens with zero attached hydrogens (tertiary/aromatic N) is 2. The van der Waals surface area contributed by atoms with Gasteiger partial charge in [0.25, 0.3) is 0 Å². The summed E-state index contributed by atoms with van der Waals surface area (Å²) in [7, 11) is -4.14. The average molecular weight is 368 g/mol. The van der Waals surface area contributed by atoms with E-state index in [0.29, 0.717) is 6.42 Å². The third-order valence-electron chi connectivity index (χ3n) is 5.40. The minimum atomic E-state index is -4.14. The fourth-order valence-corrected chi connectivity index (χ4v) is 4.59. The largest absolute Gasteiger partial charge is 0.474 e. The van der Waals surface area contributed by atoms with Crippen molar-refractivity contribution < 1.29 is 17.7 Å². The summed E-state index contributed by atoms with van der Waals surface area (Å²) in [5, 5.41) is 0. The predicted octanol–water partition coefficient (Wildman–Crippen LogP) is 2.45. The Hall–Kier alpha value is -1.15. The number of likely N-dealkylation sites (N-methyl/N-ethyl adjacent to an activating group) is 1. The van der Waals surface area contributed by atoms with Crippen LogP contribution in [0.15, 0.2) is 18.2 Å². The Balaban J connectivity index is 1.76. The first-order chi connectivity index (χ1) is 11.7. The van der Waals surface area contributed by atoms with Crippen LogP contribution in [0, 0.1) is 0 Å². The first-order valence-corrected chi connectivity index (χ1v) is 10.4. The van der Waals surface area contributed by atoms with Crippen LogP contribution in [0.5, 0.6) is 5.75 Å². The van der Waals surface area contributed by atoms with Crippen molar-refractivity contribution >= 4 is 10.3 Å². The number of ether oxygens (including phenoxy) is 1. The van der Waals surface area contributed by atoms with E-state index in [9.17, 15) is 13.0 Å². The van der Waals surface area contributed by atoms with Crippen molar-refractivity contribution in [2.24, 2.45) is 0 Å². The monoisotopic (exact) mass is 368 g/mol. The third-order valence-corrected chi connectivity index (χ3v) is 6.49. The number of rotatable bonds is 6. The Morgan fingerprint density at radius 2 is 2.00 bits per heavy atom. The van der Waals surface area contributed by atoms with Crippen molar-refractivity contribution in [2.75, 3.05) is 26.2 Å². The standard InChI is InChI=1S/C18H28N2O4S/c1-4-20(25(21,22)23)12-9-14-7-8-16-15(13-14)18(2,3)17(24-16)19-10-5-6-11-19/h7-8,13,17H,4-6,9-12H2,1-3H3,(H,21,22,23). The number of likely N-dealkylation sites (tertiary alicyclic amines) is 1. The second-order valence-corrected chi connectivity index (χ2v) is 8.90. The van der Waals surface area contributed by atoms with Crippen LogP contribution in [0.4, 0.5) is 0 Å². The molecule has 2 aliphatic heterocycles. The molecule has 140 valence electrons. The third kappa shape index (κ3) is 3.69. The fraction of sp³-hybridized carbons (Fsp3) is 0.667. The fourth-order valence-electron chi connectivity index (χ4n) is 3.94. The highest BCUT2D eigenvalue weighted by molar-refractivity contribution is 7.83. The van der Waals surface area contributed by atoms with Gasteiger partial charge in [0, 0.05) is 37.2 Å². The van der Waals surface area contributed by atoms with Crippen LogP contribution in [0.3, 0.4) is 0 Å². The van der Waals surface area contributed by atoms with Gasteiger partial charge in [-0.15, -0.1) is 0 Å². The molecule has 0 radical (unpaired) electrons. The van der Waals surface area contributed by atoms with E-state index in [0.717, 1.165) is 28.7 Å². The summed E-state index contributed by atoms with van der Waals surface area (Å²) in [6.45, 7) is 8.82. The van der Waals surface area contributed by atoms with Crippen LogP contribution in [-0.2, 0) is 22.1 Å². The van der Waals surface area contributed by atoms with E-state index in [4.69, 9.17) is 4.74 Å². The number of hydrogen-bond acceptors (Lipinski definition) is 4. The molecule has 0 aliphatic carbocycles. The van der Waals surface area contributed by atoms with Gasteiger partial charge in [0.05, 0.1) is 0 Å². The zero-order valence-corrected chi connectivity index (χ0v) is 16.1. The smallest absolute Gasteiger partial charge is 0.335 e. The molecule has 1 aromatic carbocycles. The second-order valence-electron chi connectivity index (χ2n) is 7.48. The Labute approximate surface area is 150 Å². The number of hydrogen-bond donors (Lipinski definition) is 1. The van der Waals surface area contributed by atoms with E-state index in [2.05, 4.69) is 24.8 Å². The van der Waals surface area contributed by atoms with Crippen molar-refractivity contribution in [1.82, 2.24) is 9.21 Å². The van der Waals surface area contributed by atoms with Gasteiger partial charge in [-0.1, -0.05) is 32.9 Å². The van der Waals surface area contributed by atoms with Gasteiger partial charge >= 0.3 is 10.3 Å². The summed E-state index contributed by atoms with van der Waals surface area (Å²) >= 11 is 0. The van der Waals surface area contributed by atoms with Crippen LogP contribution >= 0.6 is 0 Å². The maximum absolute atomic E-state index is 11.3.